The normalized spacial score (nSPS) is 13.0. The molecule has 0 saturated heterocycles. The maximum atomic E-state index is 8.85. The minimum atomic E-state index is -0.266. The monoisotopic (exact) mass is 229 g/mol. The second-order valence-electron chi connectivity index (χ2n) is 2.79. The smallest absolute Gasteiger partial charge is 0.0624 e. The molecule has 0 aromatic heterocycles. The first-order valence-electron chi connectivity index (χ1n) is 3.77. The Bertz CT molecular complexity index is 275. The van der Waals surface area contributed by atoms with Crippen LogP contribution in [0.5, 0.6) is 0 Å². The molecule has 0 heterocycles. The molecule has 1 aromatic rings. The van der Waals surface area contributed by atoms with Crippen LogP contribution in [0, 0.1) is 6.92 Å². The molecular weight excluding hydrogens is 218 g/mol. The predicted molar refractivity (Wildman–Crippen MR) is 52.9 cm³/mol. The summed E-state index contributed by atoms with van der Waals surface area (Å²) in [6.07, 6.45) is 0. The van der Waals surface area contributed by atoms with Crippen LogP contribution in [0.25, 0.3) is 0 Å². The molecular formula is C9H12BrNO. The molecule has 0 bridgehead atoms. The maximum Gasteiger partial charge on any atom is 0.0624 e. The Morgan fingerprint density at radius 1 is 1.58 bits per heavy atom. The third kappa shape index (κ3) is 2.06. The van der Waals surface area contributed by atoms with Crippen molar-refractivity contribution in [3.05, 3.63) is 33.8 Å². The summed E-state index contributed by atoms with van der Waals surface area (Å²) in [5.74, 6) is 0. The third-order valence-electron chi connectivity index (χ3n) is 1.83. The zero-order valence-corrected chi connectivity index (χ0v) is 8.51. The van der Waals surface area contributed by atoms with Crippen molar-refractivity contribution in [3.63, 3.8) is 0 Å². The highest BCUT2D eigenvalue weighted by Gasteiger charge is 2.06. The van der Waals surface area contributed by atoms with Crippen molar-refractivity contribution in [2.24, 2.45) is 5.73 Å². The minimum Gasteiger partial charge on any atom is -0.394 e. The second kappa shape index (κ2) is 4.03. The van der Waals surface area contributed by atoms with Gasteiger partial charge < -0.3 is 10.8 Å². The summed E-state index contributed by atoms with van der Waals surface area (Å²) in [5.41, 5.74) is 7.78. The Hall–Kier alpha value is -0.380. The topological polar surface area (TPSA) is 46.2 Å². The summed E-state index contributed by atoms with van der Waals surface area (Å²) in [7, 11) is 0. The molecule has 0 spiro atoms. The number of aliphatic hydroxyl groups excluding tert-OH is 1. The van der Waals surface area contributed by atoms with E-state index in [1.165, 1.54) is 0 Å². The van der Waals surface area contributed by atoms with Gasteiger partial charge in [-0.3, -0.25) is 0 Å². The summed E-state index contributed by atoms with van der Waals surface area (Å²) in [6, 6.07) is 5.58. The summed E-state index contributed by atoms with van der Waals surface area (Å²) in [6.45, 7) is 1.97. The fourth-order valence-corrected chi connectivity index (χ4v) is 1.63. The molecule has 1 aromatic carbocycles. The Balaban J connectivity index is 3.01. The van der Waals surface area contributed by atoms with Gasteiger partial charge in [0.2, 0.25) is 0 Å². The van der Waals surface area contributed by atoms with Gasteiger partial charge in [0.15, 0.2) is 0 Å². The Morgan fingerprint density at radius 3 is 2.75 bits per heavy atom. The third-order valence-corrected chi connectivity index (χ3v) is 2.32. The van der Waals surface area contributed by atoms with E-state index in [0.29, 0.717) is 0 Å². The fraction of sp³-hybridized carbons (Fsp3) is 0.333. The van der Waals surface area contributed by atoms with Gasteiger partial charge in [0, 0.05) is 4.47 Å². The Kier molecular flexibility index (Phi) is 3.26. The van der Waals surface area contributed by atoms with Crippen LogP contribution in [0.2, 0.25) is 0 Å². The van der Waals surface area contributed by atoms with Crippen molar-refractivity contribution in [2.75, 3.05) is 6.61 Å². The van der Waals surface area contributed by atoms with Crippen LogP contribution < -0.4 is 5.73 Å². The van der Waals surface area contributed by atoms with Crippen molar-refractivity contribution in [2.45, 2.75) is 13.0 Å². The molecule has 0 fully saturated rings. The Morgan fingerprint density at radius 2 is 2.25 bits per heavy atom. The van der Waals surface area contributed by atoms with Crippen molar-refractivity contribution >= 4 is 15.9 Å². The summed E-state index contributed by atoms with van der Waals surface area (Å²) >= 11 is 3.36. The van der Waals surface area contributed by atoms with E-state index in [0.717, 1.165) is 15.6 Å². The predicted octanol–water partition coefficient (Wildman–Crippen LogP) is 1.75. The molecule has 0 aliphatic carbocycles. The summed E-state index contributed by atoms with van der Waals surface area (Å²) in [4.78, 5) is 0. The first-order valence-corrected chi connectivity index (χ1v) is 4.57. The number of benzene rings is 1. The summed E-state index contributed by atoms with van der Waals surface area (Å²) < 4.78 is 1.04. The zero-order chi connectivity index (χ0) is 9.14. The van der Waals surface area contributed by atoms with E-state index in [-0.39, 0.29) is 12.6 Å². The number of hydrogen-bond donors (Lipinski definition) is 2. The van der Waals surface area contributed by atoms with E-state index >= 15 is 0 Å². The van der Waals surface area contributed by atoms with Gasteiger partial charge in [-0.05, 0) is 30.2 Å². The van der Waals surface area contributed by atoms with Gasteiger partial charge in [-0.1, -0.05) is 22.0 Å². The lowest BCUT2D eigenvalue weighted by atomic mass is 10.0. The molecule has 12 heavy (non-hydrogen) atoms. The molecule has 0 aliphatic rings. The first kappa shape index (κ1) is 9.71. The van der Waals surface area contributed by atoms with Crippen LogP contribution >= 0.6 is 15.9 Å². The Labute approximate surface area is 80.5 Å². The number of aliphatic hydroxyl groups is 1. The number of halogens is 1. The standard InChI is InChI=1S/C9H12BrNO/c1-6-4-7(10)2-3-8(6)9(11)5-12/h2-4,9,12H,5,11H2,1H3/t9-/m1/s1. The van der Waals surface area contributed by atoms with Crippen molar-refractivity contribution < 1.29 is 5.11 Å². The molecule has 0 amide bonds. The van der Waals surface area contributed by atoms with Crippen LogP contribution in [0.15, 0.2) is 22.7 Å². The highest BCUT2D eigenvalue weighted by Crippen LogP contribution is 2.19. The van der Waals surface area contributed by atoms with E-state index in [1.807, 2.05) is 25.1 Å². The molecule has 0 unspecified atom stereocenters. The van der Waals surface area contributed by atoms with Crippen LogP contribution in [-0.2, 0) is 0 Å². The van der Waals surface area contributed by atoms with Crippen LogP contribution in [0.4, 0.5) is 0 Å². The molecule has 3 heteroatoms. The van der Waals surface area contributed by atoms with Crippen LogP contribution in [0.1, 0.15) is 17.2 Å². The molecule has 2 nitrogen and oxygen atoms in total. The highest BCUT2D eigenvalue weighted by atomic mass is 79.9. The number of aryl methyl sites for hydroxylation is 1. The minimum absolute atomic E-state index is 0.0114. The lowest BCUT2D eigenvalue weighted by molar-refractivity contribution is 0.267. The molecule has 3 N–H and O–H groups in total. The molecule has 66 valence electrons. The van der Waals surface area contributed by atoms with Gasteiger partial charge in [0.25, 0.3) is 0 Å². The van der Waals surface area contributed by atoms with E-state index in [1.54, 1.807) is 0 Å². The highest BCUT2D eigenvalue weighted by molar-refractivity contribution is 9.10. The lowest BCUT2D eigenvalue weighted by Gasteiger charge is -2.11. The van der Waals surface area contributed by atoms with E-state index < -0.39 is 0 Å². The van der Waals surface area contributed by atoms with Gasteiger partial charge in [0.1, 0.15) is 0 Å². The van der Waals surface area contributed by atoms with E-state index in [9.17, 15) is 0 Å². The van der Waals surface area contributed by atoms with Gasteiger partial charge in [-0.2, -0.15) is 0 Å². The van der Waals surface area contributed by atoms with Gasteiger partial charge in [-0.15, -0.1) is 0 Å². The molecule has 0 aliphatic heterocycles. The fourth-order valence-electron chi connectivity index (χ4n) is 1.15. The number of nitrogens with two attached hydrogens (primary N) is 1. The quantitative estimate of drug-likeness (QED) is 0.812. The van der Waals surface area contributed by atoms with Gasteiger partial charge in [-0.25, -0.2) is 0 Å². The molecule has 0 saturated carbocycles. The van der Waals surface area contributed by atoms with Gasteiger partial charge in [0.05, 0.1) is 12.6 Å². The molecule has 1 rings (SSSR count). The SMILES string of the molecule is Cc1cc(Br)ccc1[C@H](N)CO. The molecule has 0 radical (unpaired) electrons. The number of rotatable bonds is 2. The van der Waals surface area contributed by atoms with Gasteiger partial charge >= 0.3 is 0 Å². The van der Waals surface area contributed by atoms with Crippen molar-refractivity contribution in [3.8, 4) is 0 Å². The maximum absolute atomic E-state index is 8.85. The average Bonchev–Trinajstić information content (AvgIpc) is 2.03. The first-order chi connectivity index (χ1) is 5.65. The summed E-state index contributed by atoms with van der Waals surface area (Å²) in [5, 5.41) is 8.85. The van der Waals surface area contributed by atoms with E-state index in [4.69, 9.17) is 10.8 Å². The molecule has 1 atom stereocenters. The second-order valence-corrected chi connectivity index (χ2v) is 3.71. The lowest BCUT2D eigenvalue weighted by Crippen LogP contribution is -2.15. The average molecular weight is 230 g/mol. The van der Waals surface area contributed by atoms with Crippen molar-refractivity contribution in [1.29, 1.82) is 0 Å². The van der Waals surface area contributed by atoms with Crippen molar-refractivity contribution in [1.82, 2.24) is 0 Å². The zero-order valence-electron chi connectivity index (χ0n) is 6.92. The van der Waals surface area contributed by atoms with Crippen LogP contribution in [0.3, 0.4) is 0 Å². The van der Waals surface area contributed by atoms with E-state index in [2.05, 4.69) is 15.9 Å². The van der Waals surface area contributed by atoms with Crippen LogP contribution in [-0.4, -0.2) is 11.7 Å². The number of hydrogen-bond acceptors (Lipinski definition) is 2. The largest absolute Gasteiger partial charge is 0.394 e.